The highest BCUT2D eigenvalue weighted by atomic mass is 35.5. The van der Waals surface area contributed by atoms with Crippen molar-refractivity contribution in [2.45, 2.75) is 18.3 Å². The number of rotatable bonds is 4. The normalized spacial score (nSPS) is 16.6. The molecule has 5 heteroatoms. The largest absolute Gasteiger partial charge is 0.381 e. The van der Waals surface area contributed by atoms with Crippen molar-refractivity contribution in [2.75, 3.05) is 19.8 Å². The maximum atomic E-state index is 13.2. The number of amides is 1. The highest BCUT2D eigenvalue weighted by Crippen LogP contribution is 2.34. The second-order valence-electron chi connectivity index (χ2n) is 6.09. The first-order valence-corrected chi connectivity index (χ1v) is 8.34. The van der Waals surface area contributed by atoms with Gasteiger partial charge in [-0.15, -0.1) is 0 Å². The van der Waals surface area contributed by atoms with Gasteiger partial charge >= 0.3 is 0 Å². The lowest BCUT2D eigenvalue weighted by Gasteiger charge is -2.38. The molecule has 2 aromatic rings. The zero-order chi connectivity index (χ0) is 17.0. The van der Waals surface area contributed by atoms with Gasteiger partial charge in [0.05, 0.1) is 0 Å². The second-order valence-corrected chi connectivity index (χ2v) is 6.53. The molecule has 0 spiro atoms. The topological polar surface area (TPSA) is 38.3 Å². The lowest BCUT2D eigenvalue weighted by atomic mass is 9.74. The molecule has 126 valence electrons. The fourth-order valence-corrected chi connectivity index (χ4v) is 3.30. The predicted octanol–water partition coefficient (Wildman–Crippen LogP) is 3.96. The van der Waals surface area contributed by atoms with E-state index >= 15 is 0 Å². The Hall–Kier alpha value is -1.91. The van der Waals surface area contributed by atoms with Gasteiger partial charge in [-0.2, -0.15) is 0 Å². The third kappa shape index (κ3) is 3.77. The summed E-state index contributed by atoms with van der Waals surface area (Å²) < 4.78 is 18.7. The summed E-state index contributed by atoms with van der Waals surface area (Å²) in [5.41, 5.74) is 1.32. The molecule has 24 heavy (non-hydrogen) atoms. The summed E-state index contributed by atoms with van der Waals surface area (Å²) in [6.45, 7) is 1.74. The van der Waals surface area contributed by atoms with Gasteiger partial charge in [-0.1, -0.05) is 29.8 Å². The van der Waals surface area contributed by atoms with Gasteiger partial charge in [0.25, 0.3) is 5.91 Å². The monoisotopic (exact) mass is 347 g/mol. The average molecular weight is 348 g/mol. The summed E-state index contributed by atoms with van der Waals surface area (Å²) in [5.74, 6) is -0.422. The number of ether oxygens (including phenoxy) is 1. The molecule has 1 amide bonds. The SMILES string of the molecule is O=C(NCC1(c2ccc(F)cc2)CCOCC1)c1cccc(Cl)c1. The van der Waals surface area contributed by atoms with Gasteiger partial charge in [-0.05, 0) is 48.7 Å². The van der Waals surface area contributed by atoms with Gasteiger partial charge in [-0.3, -0.25) is 4.79 Å². The maximum Gasteiger partial charge on any atom is 0.251 e. The van der Waals surface area contributed by atoms with Crippen LogP contribution in [0, 0.1) is 5.82 Å². The van der Waals surface area contributed by atoms with Crippen LogP contribution in [0.3, 0.4) is 0 Å². The van der Waals surface area contributed by atoms with Crippen LogP contribution in [0.2, 0.25) is 5.02 Å². The first-order valence-electron chi connectivity index (χ1n) is 7.97. The van der Waals surface area contributed by atoms with E-state index in [1.165, 1.54) is 12.1 Å². The molecule has 0 atom stereocenters. The third-order valence-electron chi connectivity index (χ3n) is 4.58. The Bertz CT molecular complexity index is 712. The quantitative estimate of drug-likeness (QED) is 0.909. The molecule has 1 saturated heterocycles. The van der Waals surface area contributed by atoms with Crippen LogP contribution in [0.5, 0.6) is 0 Å². The molecule has 0 radical (unpaired) electrons. The summed E-state index contributed by atoms with van der Waals surface area (Å²) in [7, 11) is 0. The lowest BCUT2D eigenvalue weighted by Crippen LogP contribution is -2.44. The molecule has 1 heterocycles. The zero-order valence-electron chi connectivity index (χ0n) is 13.2. The van der Waals surface area contributed by atoms with Crippen molar-refractivity contribution in [3.8, 4) is 0 Å². The van der Waals surface area contributed by atoms with Crippen molar-refractivity contribution in [1.82, 2.24) is 5.32 Å². The third-order valence-corrected chi connectivity index (χ3v) is 4.82. The average Bonchev–Trinajstić information content (AvgIpc) is 2.61. The van der Waals surface area contributed by atoms with E-state index in [2.05, 4.69) is 5.32 Å². The summed E-state index contributed by atoms with van der Waals surface area (Å²) in [6, 6.07) is 13.4. The van der Waals surface area contributed by atoms with E-state index in [9.17, 15) is 9.18 Å². The van der Waals surface area contributed by atoms with E-state index in [-0.39, 0.29) is 17.1 Å². The molecule has 0 unspecified atom stereocenters. The number of hydrogen-bond donors (Lipinski definition) is 1. The van der Waals surface area contributed by atoms with Crippen LogP contribution in [0.1, 0.15) is 28.8 Å². The first-order chi connectivity index (χ1) is 11.6. The van der Waals surface area contributed by atoms with E-state index in [4.69, 9.17) is 16.3 Å². The summed E-state index contributed by atoms with van der Waals surface area (Å²) >= 11 is 5.94. The zero-order valence-corrected chi connectivity index (χ0v) is 14.0. The number of halogens is 2. The minimum absolute atomic E-state index is 0.162. The molecule has 1 aliphatic rings. The van der Waals surface area contributed by atoms with Crippen molar-refractivity contribution < 1.29 is 13.9 Å². The molecule has 1 aliphatic heterocycles. The van der Waals surface area contributed by atoms with Gasteiger partial charge in [0.1, 0.15) is 5.82 Å². The summed E-state index contributed by atoms with van der Waals surface area (Å²) in [5, 5.41) is 3.53. The van der Waals surface area contributed by atoms with Gasteiger partial charge in [-0.25, -0.2) is 4.39 Å². The molecule has 2 aromatic carbocycles. The molecular weight excluding hydrogens is 329 g/mol. The van der Waals surface area contributed by atoms with Gasteiger partial charge in [0.2, 0.25) is 0 Å². The molecule has 1 fully saturated rings. The minimum Gasteiger partial charge on any atom is -0.381 e. The fraction of sp³-hybridized carbons (Fsp3) is 0.316. The Labute approximate surface area is 145 Å². The van der Waals surface area contributed by atoms with Crippen LogP contribution in [-0.4, -0.2) is 25.7 Å². The number of carbonyl (C=O) groups excluding carboxylic acids is 1. The Morgan fingerprint density at radius 3 is 2.54 bits per heavy atom. The van der Waals surface area contributed by atoms with Gasteiger partial charge in [0, 0.05) is 35.8 Å². The van der Waals surface area contributed by atoms with Crippen LogP contribution >= 0.6 is 11.6 Å². The van der Waals surface area contributed by atoms with Crippen molar-refractivity contribution in [1.29, 1.82) is 0 Å². The lowest BCUT2D eigenvalue weighted by molar-refractivity contribution is 0.0487. The van der Waals surface area contributed by atoms with Crippen LogP contribution in [0.4, 0.5) is 4.39 Å². The molecule has 0 bridgehead atoms. The first kappa shape index (κ1) is 16.9. The molecule has 1 N–H and O–H groups in total. The maximum absolute atomic E-state index is 13.2. The highest BCUT2D eigenvalue weighted by Gasteiger charge is 2.35. The van der Waals surface area contributed by atoms with Gasteiger partial charge in [0.15, 0.2) is 0 Å². The standard InChI is InChI=1S/C19H19ClFNO2/c20-16-3-1-2-14(12-16)18(23)22-13-19(8-10-24-11-9-19)15-4-6-17(21)7-5-15/h1-7,12H,8-11,13H2,(H,22,23). The van der Waals surface area contributed by atoms with E-state index in [0.29, 0.717) is 30.3 Å². The molecule has 3 nitrogen and oxygen atoms in total. The summed E-state index contributed by atoms with van der Waals surface area (Å²) in [6.07, 6.45) is 1.57. The Morgan fingerprint density at radius 2 is 1.88 bits per heavy atom. The number of benzene rings is 2. The second kappa shape index (κ2) is 7.32. The summed E-state index contributed by atoms with van der Waals surface area (Å²) in [4.78, 5) is 12.4. The van der Waals surface area contributed by atoms with E-state index in [1.54, 1.807) is 36.4 Å². The van der Waals surface area contributed by atoms with Crippen molar-refractivity contribution in [3.63, 3.8) is 0 Å². The van der Waals surface area contributed by atoms with Crippen LogP contribution in [0.15, 0.2) is 48.5 Å². The van der Waals surface area contributed by atoms with Gasteiger partial charge < -0.3 is 10.1 Å². The van der Waals surface area contributed by atoms with Crippen molar-refractivity contribution >= 4 is 17.5 Å². The Balaban J connectivity index is 1.77. The molecule has 0 aliphatic carbocycles. The molecular formula is C19H19ClFNO2. The Kier molecular flexibility index (Phi) is 5.17. The molecule has 3 rings (SSSR count). The molecule has 0 aromatic heterocycles. The van der Waals surface area contributed by atoms with E-state index in [0.717, 1.165) is 18.4 Å². The van der Waals surface area contributed by atoms with Crippen LogP contribution < -0.4 is 5.32 Å². The Morgan fingerprint density at radius 1 is 1.17 bits per heavy atom. The highest BCUT2D eigenvalue weighted by molar-refractivity contribution is 6.30. The number of hydrogen-bond acceptors (Lipinski definition) is 2. The van der Waals surface area contributed by atoms with Crippen LogP contribution in [-0.2, 0) is 10.2 Å². The minimum atomic E-state index is -0.260. The molecule has 0 saturated carbocycles. The van der Waals surface area contributed by atoms with E-state index in [1.807, 2.05) is 0 Å². The number of nitrogens with one attached hydrogen (secondary N) is 1. The van der Waals surface area contributed by atoms with Crippen LogP contribution in [0.25, 0.3) is 0 Å². The van der Waals surface area contributed by atoms with E-state index < -0.39 is 0 Å². The number of carbonyl (C=O) groups is 1. The fourth-order valence-electron chi connectivity index (χ4n) is 3.11. The van der Waals surface area contributed by atoms with Crippen molar-refractivity contribution in [3.05, 3.63) is 70.5 Å². The predicted molar refractivity (Wildman–Crippen MR) is 91.9 cm³/mol. The smallest absolute Gasteiger partial charge is 0.251 e. The van der Waals surface area contributed by atoms with Crippen molar-refractivity contribution in [2.24, 2.45) is 0 Å².